The number of ether oxygens (including phenoxy) is 1. The minimum absolute atomic E-state index is 0.0325. The standard InChI is InChI=1S/C20H30FN3O2/c1-23-9-7-20(8-10-23,24-11-13-26-14-12-24)16-22-19(25)6-5-17-3-2-4-18(21)15-17/h2-4,15H,5-14,16H2,1H3,(H,22,25). The number of carbonyl (C=O) groups excluding carboxylic acids is 1. The lowest BCUT2D eigenvalue weighted by molar-refractivity contribution is -0.122. The van der Waals surface area contributed by atoms with Crippen LogP contribution in [0.2, 0.25) is 0 Å². The van der Waals surface area contributed by atoms with E-state index >= 15 is 0 Å². The summed E-state index contributed by atoms with van der Waals surface area (Å²) in [5.41, 5.74) is 0.896. The molecule has 0 radical (unpaired) electrons. The molecule has 0 unspecified atom stereocenters. The number of rotatable bonds is 6. The Bertz CT molecular complexity index is 596. The van der Waals surface area contributed by atoms with Crippen LogP contribution in [-0.4, -0.2) is 74.2 Å². The van der Waals surface area contributed by atoms with Gasteiger partial charge in [-0.15, -0.1) is 0 Å². The maximum atomic E-state index is 13.3. The molecule has 1 N–H and O–H groups in total. The molecule has 3 rings (SSSR count). The summed E-state index contributed by atoms with van der Waals surface area (Å²) >= 11 is 0. The molecular weight excluding hydrogens is 333 g/mol. The third kappa shape index (κ3) is 5.02. The lowest BCUT2D eigenvalue weighted by atomic mass is 9.85. The van der Waals surface area contributed by atoms with E-state index in [1.807, 2.05) is 6.07 Å². The molecule has 5 nitrogen and oxygen atoms in total. The van der Waals surface area contributed by atoms with Crippen LogP contribution in [0.15, 0.2) is 24.3 Å². The molecule has 0 bridgehead atoms. The van der Waals surface area contributed by atoms with Gasteiger partial charge < -0.3 is 15.0 Å². The minimum atomic E-state index is -0.250. The van der Waals surface area contributed by atoms with Crippen molar-refractivity contribution in [3.8, 4) is 0 Å². The first-order chi connectivity index (χ1) is 12.6. The van der Waals surface area contributed by atoms with Gasteiger partial charge in [0.2, 0.25) is 5.91 Å². The molecule has 2 aliphatic heterocycles. The zero-order valence-electron chi connectivity index (χ0n) is 15.7. The van der Waals surface area contributed by atoms with Crippen molar-refractivity contribution in [2.24, 2.45) is 0 Å². The Morgan fingerprint density at radius 2 is 1.96 bits per heavy atom. The lowest BCUT2D eigenvalue weighted by Crippen LogP contribution is -2.62. The zero-order valence-corrected chi connectivity index (χ0v) is 15.7. The number of aryl methyl sites for hydroxylation is 1. The van der Waals surface area contributed by atoms with E-state index in [1.54, 1.807) is 6.07 Å². The summed E-state index contributed by atoms with van der Waals surface area (Å²) in [6.07, 6.45) is 3.08. The maximum Gasteiger partial charge on any atom is 0.220 e. The van der Waals surface area contributed by atoms with E-state index in [-0.39, 0.29) is 17.3 Å². The molecule has 1 aromatic carbocycles. The van der Waals surface area contributed by atoms with Gasteiger partial charge in [0.05, 0.1) is 13.2 Å². The van der Waals surface area contributed by atoms with E-state index in [4.69, 9.17) is 4.74 Å². The average molecular weight is 363 g/mol. The van der Waals surface area contributed by atoms with Gasteiger partial charge in [-0.05, 0) is 57.1 Å². The van der Waals surface area contributed by atoms with Gasteiger partial charge in [0.15, 0.2) is 0 Å². The number of carbonyl (C=O) groups is 1. The molecular formula is C20H30FN3O2. The first-order valence-corrected chi connectivity index (χ1v) is 9.60. The van der Waals surface area contributed by atoms with Crippen LogP contribution in [0.5, 0.6) is 0 Å². The zero-order chi connectivity index (χ0) is 18.4. The molecule has 1 amide bonds. The van der Waals surface area contributed by atoms with Crippen LogP contribution in [-0.2, 0) is 16.0 Å². The summed E-state index contributed by atoms with van der Waals surface area (Å²) in [5, 5.41) is 3.16. The average Bonchev–Trinajstić information content (AvgIpc) is 2.67. The second-order valence-corrected chi connectivity index (χ2v) is 7.53. The van der Waals surface area contributed by atoms with Crippen LogP contribution in [0, 0.1) is 5.82 Å². The van der Waals surface area contributed by atoms with E-state index in [9.17, 15) is 9.18 Å². The third-order valence-corrected chi connectivity index (χ3v) is 5.74. The number of nitrogens with one attached hydrogen (secondary N) is 1. The molecule has 2 fully saturated rings. The Balaban J connectivity index is 1.54. The first kappa shape index (κ1) is 19.3. The predicted molar refractivity (Wildman–Crippen MR) is 99.6 cm³/mol. The van der Waals surface area contributed by atoms with E-state index in [2.05, 4.69) is 22.2 Å². The van der Waals surface area contributed by atoms with E-state index in [0.717, 1.165) is 57.8 Å². The fraction of sp³-hybridized carbons (Fsp3) is 0.650. The summed E-state index contributed by atoms with van der Waals surface area (Å²) in [5.74, 6) is -0.207. The van der Waals surface area contributed by atoms with Crippen molar-refractivity contribution < 1.29 is 13.9 Å². The largest absolute Gasteiger partial charge is 0.379 e. The van der Waals surface area contributed by atoms with Crippen LogP contribution in [0.1, 0.15) is 24.8 Å². The number of likely N-dealkylation sites (tertiary alicyclic amines) is 1. The van der Waals surface area contributed by atoms with E-state index in [0.29, 0.717) is 19.4 Å². The highest BCUT2D eigenvalue weighted by molar-refractivity contribution is 5.76. The molecule has 0 atom stereocenters. The highest BCUT2D eigenvalue weighted by Crippen LogP contribution is 2.29. The van der Waals surface area contributed by atoms with Crippen LogP contribution in [0.3, 0.4) is 0 Å². The SMILES string of the molecule is CN1CCC(CNC(=O)CCc2cccc(F)c2)(N2CCOCC2)CC1. The second-order valence-electron chi connectivity index (χ2n) is 7.53. The van der Waals surface area contributed by atoms with E-state index in [1.165, 1.54) is 12.1 Å². The van der Waals surface area contributed by atoms with Crippen molar-refractivity contribution in [2.45, 2.75) is 31.2 Å². The molecule has 2 heterocycles. The monoisotopic (exact) mass is 363 g/mol. The number of piperidine rings is 1. The molecule has 0 spiro atoms. The number of benzene rings is 1. The fourth-order valence-corrected chi connectivity index (χ4v) is 3.98. The number of morpholine rings is 1. The number of amides is 1. The van der Waals surface area contributed by atoms with Gasteiger partial charge in [-0.1, -0.05) is 12.1 Å². The lowest BCUT2D eigenvalue weighted by Gasteiger charge is -2.49. The van der Waals surface area contributed by atoms with Crippen molar-refractivity contribution >= 4 is 5.91 Å². The maximum absolute atomic E-state index is 13.3. The molecule has 0 saturated carbocycles. The molecule has 2 saturated heterocycles. The van der Waals surface area contributed by atoms with Crippen LogP contribution < -0.4 is 5.32 Å². The third-order valence-electron chi connectivity index (χ3n) is 5.74. The number of nitrogens with zero attached hydrogens (tertiary/aromatic N) is 2. The van der Waals surface area contributed by atoms with E-state index < -0.39 is 0 Å². The Morgan fingerprint density at radius 1 is 1.23 bits per heavy atom. The topological polar surface area (TPSA) is 44.8 Å². The molecule has 0 aliphatic carbocycles. The van der Waals surface area contributed by atoms with Crippen molar-refractivity contribution in [1.82, 2.24) is 15.1 Å². The highest BCUT2D eigenvalue weighted by Gasteiger charge is 2.39. The second kappa shape index (κ2) is 8.93. The Kier molecular flexibility index (Phi) is 6.62. The summed E-state index contributed by atoms with van der Waals surface area (Å²) in [7, 11) is 2.15. The molecule has 0 aromatic heterocycles. The Hall–Kier alpha value is -1.50. The quantitative estimate of drug-likeness (QED) is 0.835. The summed E-state index contributed by atoms with van der Waals surface area (Å²) < 4.78 is 18.8. The molecule has 6 heteroatoms. The fourth-order valence-electron chi connectivity index (χ4n) is 3.98. The summed E-state index contributed by atoms with van der Waals surface area (Å²) in [4.78, 5) is 17.2. The predicted octanol–water partition coefficient (Wildman–Crippen LogP) is 1.67. The number of hydrogen-bond acceptors (Lipinski definition) is 4. The highest BCUT2D eigenvalue weighted by atomic mass is 19.1. The first-order valence-electron chi connectivity index (χ1n) is 9.60. The molecule has 26 heavy (non-hydrogen) atoms. The molecule has 2 aliphatic rings. The Morgan fingerprint density at radius 3 is 2.65 bits per heavy atom. The number of halogens is 1. The van der Waals surface area contributed by atoms with Crippen LogP contribution in [0.4, 0.5) is 4.39 Å². The number of hydrogen-bond donors (Lipinski definition) is 1. The normalized spacial score (nSPS) is 21.5. The van der Waals surface area contributed by atoms with Gasteiger partial charge in [-0.3, -0.25) is 9.69 Å². The van der Waals surface area contributed by atoms with Gasteiger partial charge >= 0.3 is 0 Å². The minimum Gasteiger partial charge on any atom is -0.379 e. The van der Waals surface area contributed by atoms with Crippen molar-refractivity contribution in [3.63, 3.8) is 0 Å². The summed E-state index contributed by atoms with van der Waals surface area (Å²) in [6, 6.07) is 6.48. The summed E-state index contributed by atoms with van der Waals surface area (Å²) in [6.45, 7) is 6.19. The van der Waals surface area contributed by atoms with Gasteiger partial charge in [-0.2, -0.15) is 0 Å². The van der Waals surface area contributed by atoms with Gasteiger partial charge in [0, 0.05) is 31.6 Å². The van der Waals surface area contributed by atoms with Gasteiger partial charge in [-0.25, -0.2) is 4.39 Å². The van der Waals surface area contributed by atoms with Gasteiger partial charge in [0.25, 0.3) is 0 Å². The van der Waals surface area contributed by atoms with Crippen molar-refractivity contribution in [2.75, 3.05) is 53.0 Å². The van der Waals surface area contributed by atoms with Crippen LogP contribution >= 0.6 is 0 Å². The smallest absolute Gasteiger partial charge is 0.220 e. The van der Waals surface area contributed by atoms with Crippen molar-refractivity contribution in [3.05, 3.63) is 35.6 Å². The molecule has 144 valence electrons. The molecule has 1 aromatic rings. The van der Waals surface area contributed by atoms with Gasteiger partial charge in [0.1, 0.15) is 5.82 Å². The van der Waals surface area contributed by atoms with Crippen molar-refractivity contribution in [1.29, 1.82) is 0 Å². The Labute approximate surface area is 155 Å². The van der Waals surface area contributed by atoms with Crippen LogP contribution in [0.25, 0.3) is 0 Å².